The Labute approximate surface area is 86.3 Å². The van der Waals surface area contributed by atoms with Crippen LogP contribution in [0.1, 0.15) is 20.3 Å². The van der Waals surface area contributed by atoms with Gasteiger partial charge in [-0.25, -0.2) is 4.79 Å². The van der Waals surface area contributed by atoms with E-state index in [1.54, 1.807) is 19.9 Å². The molecule has 0 bridgehead atoms. The Morgan fingerprint density at radius 1 is 1.27 bits per heavy atom. The summed E-state index contributed by atoms with van der Waals surface area (Å²) in [6.07, 6.45) is 1.40. The van der Waals surface area contributed by atoms with E-state index in [0.29, 0.717) is 0 Å². The topological polar surface area (TPSA) is 95.5 Å². The summed E-state index contributed by atoms with van der Waals surface area (Å²) in [5.41, 5.74) is -1.33. The van der Waals surface area contributed by atoms with Crippen LogP contribution < -0.4 is 10.6 Å². The molecule has 15 heavy (non-hydrogen) atoms. The van der Waals surface area contributed by atoms with Gasteiger partial charge in [-0.15, -0.1) is 0 Å². The molecular weight excluding hydrogens is 200 g/mol. The molecule has 1 fully saturated rings. The van der Waals surface area contributed by atoms with E-state index in [0.717, 1.165) is 5.57 Å². The number of allylic oxidation sites excluding steroid dienone is 1. The Hall–Kier alpha value is -1.69. The molecule has 3 N–H and O–H groups in total. The summed E-state index contributed by atoms with van der Waals surface area (Å²) in [4.78, 5) is 33.3. The zero-order chi connectivity index (χ0) is 11.6. The molecule has 0 spiro atoms. The minimum Gasteiger partial charge on any atom is -0.371 e. The third-order valence-corrected chi connectivity index (χ3v) is 2.01. The average molecular weight is 212 g/mol. The van der Waals surface area contributed by atoms with Gasteiger partial charge in [0.15, 0.2) is 0 Å². The van der Waals surface area contributed by atoms with Crippen LogP contribution in [0.4, 0.5) is 4.79 Å². The van der Waals surface area contributed by atoms with Crippen LogP contribution in [0.25, 0.3) is 0 Å². The molecule has 0 aromatic rings. The van der Waals surface area contributed by atoms with Crippen molar-refractivity contribution in [1.29, 1.82) is 0 Å². The Morgan fingerprint density at radius 3 is 2.13 bits per heavy atom. The van der Waals surface area contributed by atoms with Crippen molar-refractivity contribution in [3.8, 4) is 0 Å². The fourth-order valence-electron chi connectivity index (χ4n) is 1.08. The first-order chi connectivity index (χ1) is 6.86. The van der Waals surface area contributed by atoms with Gasteiger partial charge in [0, 0.05) is 6.42 Å². The highest BCUT2D eigenvalue weighted by atomic mass is 16.3. The van der Waals surface area contributed by atoms with Gasteiger partial charge < -0.3 is 5.11 Å². The summed E-state index contributed by atoms with van der Waals surface area (Å²) in [5.74, 6) is -1.98. The van der Waals surface area contributed by atoms with Crippen molar-refractivity contribution in [3.05, 3.63) is 11.6 Å². The fraction of sp³-hybridized carbons (Fsp3) is 0.444. The second kappa shape index (κ2) is 3.82. The number of carbonyl (C=O) groups is 3. The van der Waals surface area contributed by atoms with Crippen LogP contribution in [-0.2, 0) is 9.59 Å². The largest absolute Gasteiger partial charge is 0.371 e. The molecule has 6 nitrogen and oxygen atoms in total. The zero-order valence-electron chi connectivity index (χ0n) is 8.46. The number of aliphatic hydroxyl groups is 1. The van der Waals surface area contributed by atoms with Gasteiger partial charge >= 0.3 is 6.03 Å². The monoisotopic (exact) mass is 212 g/mol. The number of hydrogen-bond acceptors (Lipinski definition) is 4. The van der Waals surface area contributed by atoms with Crippen molar-refractivity contribution < 1.29 is 19.5 Å². The maximum atomic E-state index is 11.3. The first kappa shape index (κ1) is 11.4. The predicted octanol–water partition coefficient (Wildman–Crippen LogP) is -0.560. The molecule has 1 saturated heterocycles. The molecule has 0 radical (unpaired) electrons. The van der Waals surface area contributed by atoms with E-state index in [1.807, 2.05) is 10.6 Å². The molecule has 0 saturated carbocycles. The van der Waals surface area contributed by atoms with Crippen molar-refractivity contribution in [2.45, 2.75) is 25.9 Å². The van der Waals surface area contributed by atoms with Gasteiger partial charge in [0.05, 0.1) is 0 Å². The lowest BCUT2D eigenvalue weighted by Gasteiger charge is -2.27. The summed E-state index contributed by atoms with van der Waals surface area (Å²) in [5, 5.41) is 13.4. The van der Waals surface area contributed by atoms with E-state index in [-0.39, 0.29) is 6.42 Å². The third-order valence-electron chi connectivity index (χ3n) is 2.01. The SMILES string of the molecule is CC(C)=CCC1(O)C(=O)NC(=O)NC1=O. The molecule has 6 heteroatoms. The van der Waals surface area contributed by atoms with E-state index in [4.69, 9.17) is 0 Å². The van der Waals surface area contributed by atoms with Crippen LogP contribution in [0.2, 0.25) is 0 Å². The molecule has 1 heterocycles. The summed E-state index contributed by atoms with van der Waals surface area (Å²) in [6.45, 7) is 3.54. The van der Waals surface area contributed by atoms with E-state index in [2.05, 4.69) is 0 Å². The van der Waals surface area contributed by atoms with Crippen LogP contribution in [0.5, 0.6) is 0 Å². The Bertz CT molecular complexity index is 335. The van der Waals surface area contributed by atoms with Crippen LogP contribution in [0.3, 0.4) is 0 Å². The van der Waals surface area contributed by atoms with Crippen LogP contribution in [0.15, 0.2) is 11.6 Å². The van der Waals surface area contributed by atoms with Crippen molar-refractivity contribution in [2.75, 3.05) is 0 Å². The standard InChI is InChI=1S/C9H12N2O4/c1-5(2)3-4-9(15)6(12)10-8(14)11-7(9)13/h3,15H,4H2,1-2H3,(H2,10,11,12,13,14). The second-order valence-corrected chi connectivity index (χ2v) is 3.58. The quantitative estimate of drug-likeness (QED) is 0.422. The van der Waals surface area contributed by atoms with Gasteiger partial charge in [0.2, 0.25) is 5.60 Å². The predicted molar refractivity (Wildman–Crippen MR) is 50.7 cm³/mol. The number of carbonyl (C=O) groups excluding carboxylic acids is 3. The molecule has 0 aliphatic carbocycles. The molecular formula is C9H12N2O4. The van der Waals surface area contributed by atoms with Gasteiger partial charge in [-0.2, -0.15) is 0 Å². The van der Waals surface area contributed by atoms with Crippen molar-refractivity contribution in [1.82, 2.24) is 10.6 Å². The number of nitrogens with one attached hydrogen (secondary N) is 2. The van der Waals surface area contributed by atoms with Crippen LogP contribution in [0, 0.1) is 0 Å². The van der Waals surface area contributed by atoms with Gasteiger partial charge in [-0.3, -0.25) is 20.2 Å². The van der Waals surface area contributed by atoms with E-state index in [9.17, 15) is 19.5 Å². The number of barbiturate groups is 1. The highest BCUT2D eigenvalue weighted by molar-refractivity contribution is 6.21. The van der Waals surface area contributed by atoms with Crippen LogP contribution in [-0.4, -0.2) is 28.6 Å². The Balaban J connectivity index is 2.90. The normalized spacial score (nSPS) is 19.3. The first-order valence-corrected chi connectivity index (χ1v) is 4.39. The molecule has 0 atom stereocenters. The van der Waals surface area contributed by atoms with Gasteiger partial charge in [0.25, 0.3) is 11.8 Å². The number of amides is 4. The fourth-order valence-corrected chi connectivity index (χ4v) is 1.08. The second-order valence-electron chi connectivity index (χ2n) is 3.58. The third kappa shape index (κ3) is 2.21. The van der Waals surface area contributed by atoms with E-state index in [1.165, 1.54) is 0 Å². The van der Waals surface area contributed by atoms with Crippen molar-refractivity contribution in [2.24, 2.45) is 0 Å². The smallest absolute Gasteiger partial charge is 0.328 e. The minimum atomic E-state index is -2.19. The Morgan fingerprint density at radius 2 is 1.73 bits per heavy atom. The Kier molecular flexibility index (Phi) is 2.90. The molecule has 0 aromatic carbocycles. The lowest BCUT2D eigenvalue weighted by atomic mass is 9.95. The number of rotatable bonds is 2. The number of urea groups is 1. The number of imide groups is 2. The molecule has 4 amide bonds. The lowest BCUT2D eigenvalue weighted by Crippen LogP contribution is -2.66. The highest BCUT2D eigenvalue weighted by Gasteiger charge is 2.47. The highest BCUT2D eigenvalue weighted by Crippen LogP contribution is 2.15. The van der Waals surface area contributed by atoms with Gasteiger partial charge in [0.1, 0.15) is 0 Å². The molecule has 0 aromatic heterocycles. The van der Waals surface area contributed by atoms with Crippen LogP contribution >= 0.6 is 0 Å². The maximum absolute atomic E-state index is 11.3. The van der Waals surface area contributed by atoms with E-state index >= 15 is 0 Å². The summed E-state index contributed by atoms with van der Waals surface area (Å²) in [7, 11) is 0. The van der Waals surface area contributed by atoms with Gasteiger partial charge in [-0.05, 0) is 13.8 Å². The van der Waals surface area contributed by atoms with E-state index < -0.39 is 23.4 Å². The van der Waals surface area contributed by atoms with Crippen molar-refractivity contribution >= 4 is 17.8 Å². The first-order valence-electron chi connectivity index (χ1n) is 4.39. The summed E-state index contributed by atoms with van der Waals surface area (Å²) in [6, 6.07) is -0.910. The van der Waals surface area contributed by atoms with Gasteiger partial charge in [-0.1, -0.05) is 11.6 Å². The number of hydrogen-bond donors (Lipinski definition) is 3. The molecule has 0 unspecified atom stereocenters. The maximum Gasteiger partial charge on any atom is 0.328 e. The lowest BCUT2D eigenvalue weighted by molar-refractivity contribution is -0.154. The summed E-state index contributed by atoms with van der Waals surface area (Å²) < 4.78 is 0. The average Bonchev–Trinajstić information content (AvgIpc) is 2.11. The molecule has 1 aliphatic heterocycles. The molecule has 1 rings (SSSR count). The molecule has 82 valence electrons. The molecule has 1 aliphatic rings. The summed E-state index contributed by atoms with van der Waals surface area (Å²) >= 11 is 0. The minimum absolute atomic E-state index is 0.153. The zero-order valence-corrected chi connectivity index (χ0v) is 8.46. The van der Waals surface area contributed by atoms with Crippen molar-refractivity contribution in [3.63, 3.8) is 0 Å².